The maximum absolute atomic E-state index is 13.7. The van der Waals surface area contributed by atoms with Gasteiger partial charge in [-0.3, -0.25) is 9.59 Å². The monoisotopic (exact) mass is 641 g/mol. The molecule has 226 valence electrons. The summed E-state index contributed by atoms with van der Waals surface area (Å²) in [5, 5.41) is 5.40. The first-order chi connectivity index (χ1) is 19.6. The van der Waals surface area contributed by atoms with Crippen molar-refractivity contribution in [1.82, 2.24) is 15.1 Å². The van der Waals surface area contributed by atoms with Gasteiger partial charge in [-0.2, -0.15) is 0 Å². The standard InChI is InChI=1S/C32H43Cl4N3O2/c1-4-37-16-6-5-7-25-20-39(32(41)15-11-24-9-13-28(34)30(36)19-24)26(17-22(2)3)21-38(25)31(40)14-10-23-8-12-27(33)29(35)18-23/h8-9,12-13,18-19,22,25-26,37H,4-7,10-11,14-17,20-21H2,1-3H3/t25?,26-/m1/s1. The van der Waals surface area contributed by atoms with Crippen LogP contribution < -0.4 is 5.32 Å². The lowest BCUT2D eigenvalue weighted by atomic mass is 9.94. The van der Waals surface area contributed by atoms with E-state index in [4.69, 9.17) is 46.4 Å². The molecular weight excluding hydrogens is 600 g/mol. The van der Waals surface area contributed by atoms with Crippen molar-refractivity contribution in [1.29, 1.82) is 0 Å². The van der Waals surface area contributed by atoms with Gasteiger partial charge in [-0.1, -0.05) is 85.7 Å². The molecule has 1 aliphatic heterocycles. The third-order valence-electron chi connectivity index (χ3n) is 7.69. The quantitative estimate of drug-likeness (QED) is 0.212. The van der Waals surface area contributed by atoms with Crippen LogP contribution in [0.15, 0.2) is 36.4 Å². The number of amides is 2. The molecule has 1 fully saturated rings. The third kappa shape index (κ3) is 10.6. The summed E-state index contributed by atoms with van der Waals surface area (Å²) in [4.78, 5) is 31.4. The lowest BCUT2D eigenvalue weighted by Gasteiger charge is -2.47. The number of carbonyl (C=O) groups excluding carboxylic acids is 2. The molecule has 1 aliphatic rings. The number of aryl methyl sites for hydroxylation is 2. The van der Waals surface area contributed by atoms with Gasteiger partial charge in [0, 0.05) is 38.0 Å². The highest BCUT2D eigenvalue weighted by molar-refractivity contribution is 6.42. The van der Waals surface area contributed by atoms with Gasteiger partial charge in [-0.05, 0) is 86.5 Å². The maximum Gasteiger partial charge on any atom is 0.223 e. The molecule has 5 nitrogen and oxygen atoms in total. The van der Waals surface area contributed by atoms with Crippen molar-refractivity contribution in [2.45, 2.75) is 84.2 Å². The first kappa shape index (κ1) is 34.0. The second-order valence-electron chi connectivity index (χ2n) is 11.4. The number of hydrogen-bond donors (Lipinski definition) is 1. The number of nitrogens with one attached hydrogen (secondary N) is 1. The summed E-state index contributed by atoms with van der Waals surface area (Å²) < 4.78 is 0. The molecule has 0 saturated carbocycles. The largest absolute Gasteiger partial charge is 0.336 e. The van der Waals surface area contributed by atoms with E-state index in [0.717, 1.165) is 49.9 Å². The zero-order valence-corrected chi connectivity index (χ0v) is 27.4. The topological polar surface area (TPSA) is 52.7 Å². The fourth-order valence-electron chi connectivity index (χ4n) is 5.54. The van der Waals surface area contributed by atoms with Gasteiger partial charge in [-0.25, -0.2) is 0 Å². The zero-order valence-electron chi connectivity index (χ0n) is 24.4. The second-order valence-corrected chi connectivity index (χ2v) is 13.0. The first-order valence-corrected chi connectivity index (χ1v) is 16.3. The number of piperazine rings is 1. The number of halogens is 4. The van der Waals surface area contributed by atoms with Gasteiger partial charge in [0.15, 0.2) is 0 Å². The number of unbranched alkanes of at least 4 members (excludes halogenated alkanes) is 1. The first-order valence-electron chi connectivity index (χ1n) is 14.8. The summed E-state index contributed by atoms with van der Waals surface area (Å²) >= 11 is 24.6. The van der Waals surface area contributed by atoms with Crippen molar-refractivity contribution < 1.29 is 9.59 Å². The minimum Gasteiger partial charge on any atom is -0.336 e. The lowest BCUT2D eigenvalue weighted by molar-refractivity contribution is -0.147. The molecule has 0 radical (unpaired) electrons. The minimum absolute atomic E-state index is 0.00438. The molecule has 1 saturated heterocycles. The van der Waals surface area contributed by atoms with E-state index >= 15 is 0 Å². The van der Waals surface area contributed by atoms with Crippen molar-refractivity contribution in [2.24, 2.45) is 5.92 Å². The summed E-state index contributed by atoms with van der Waals surface area (Å²) in [6.45, 7) is 9.47. The molecule has 2 aromatic rings. The minimum atomic E-state index is -0.0109. The molecule has 1 heterocycles. The van der Waals surface area contributed by atoms with Crippen LogP contribution in [0, 0.1) is 5.92 Å². The van der Waals surface area contributed by atoms with Crippen molar-refractivity contribution in [3.8, 4) is 0 Å². The van der Waals surface area contributed by atoms with E-state index in [1.54, 1.807) is 12.1 Å². The van der Waals surface area contributed by atoms with Crippen LogP contribution in [0.3, 0.4) is 0 Å². The number of carbonyl (C=O) groups is 2. The summed E-state index contributed by atoms with van der Waals surface area (Å²) in [7, 11) is 0. The Morgan fingerprint density at radius 2 is 1.32 bits per heavy atom. The maximum atomic E-state index is 13.7. The fourth-order valence-corrected chi connectivity index (χ4v) is 6.18. The molecule has 0 aromatic heterocycles. The summed E-state index contributed by atoms with van der Waals surface area (Å²) in [5.41, 5.74) is 1.98. The van der Waals surface area contributed by atoms with Gasteiger partial charge < -0.3 is 15.1 Å². The van der Waals surface area contributed by atoms with Crippen LogP contribution in [0.4, 0.5) is 0 Å². The Kier molecular flexibility index (Phi) is 14.1. The molecule has 41 heavy (non-hydrogen) atoms. The number of nitrogens with zero attached hydrogens (tertiary/aromatic N) is 2. The predicted octanol–water partition coefficient (Wildman–Crippen LogP) is 8.10. The van der Waals surface area contributed by atoms with E-state index in [9.17, 15) is 9.59 Å². The molecule has 3 rings (SSSR count). The Balaban J connectivity index is 1.73. The highest BCUT2D eigenvalue weighted by Gasteiger charge is 2.38. The fraction of sp³-hybridized carbons (Fsp3) is 0.562. The molecular formula is C32H43Cl4N3O2. The Labute approximate surface area is 265 Å². The van der Waals surface area contributed by atoms with E-state index < -0.39 is 0 Å². The Morgan fingerprint density at radius 1 is 0.805 bits per heavy atom. The molecule has 1 N–H and O–H groups in total. The second kappa shape index (κ2) is 17.0. The summed E-state index contributed by atoms with van der Waals surface area (Å²) in [6, 6.07) is 11.0. The van der Waals surface area contributed by atoms with E-state index in [-0.39, 0.29) is 23.9 Å². The zero-order chi connectivity index (χ0) is 29.9. The molecule has 0 aliphatic carbocycles. The molecule has 2 atom stereocenters. The van der Waals surface area contributed by atoms with Crippen LogP contribution in [0.25, 0.3) is 0 Å². The van der Waals surface area contributed by atoms with Crippen molar-refractivity contribution in [3.63, 3.8) is 0 Å². The van der Waals surface area contributed by atoms with E-state index in [2.05, 4.69) is 35.9 Å². The van der Waals surface area contributed by atoms with Crippen LogP contribution in [-0.2, 0) is 22.4 Å². The van der Waals surface area contributed by atoms with Gasteiger partial charge in [0.05, 0.1) is 20.1 Å². The van der Waals surface area contributed by atoms with Gasteiger partial charge in [0.2, 0.25) is 11.8 Å². The van der Waals surface area contributed by atoms with Crippen molar-refractivity contribution in [2.75, 3.05) is 26.2 Å². The van der Waals surface area contributed by atoms with E-state index in [1.165, 1.54) is 0 Å². The third-order valence-corrected chi connectivity index (χ3v) is 9.17. The van der Waals surface area contributed by atoms with Gasteiger partial charge in [0.1, 0.15) is 0 Å². The van der Waals surface area contributed by atoms with Crippen LogP contribution in [0.5, 0.6) is 0 Å². The van der Waals surface area contributed by atoms with Crippen LogP contribution >= 0.6 is 46.4 Å². The van der Waals surface area contributed by atoms with Crippen LogP contribution in [-0.4, -0.2) is 59.9 Å². The molecule has 1 unspecified atom stereocenters. The van der Waals surface area contributed by atoms with Gasteiger partial charge in [0.25, 0.3) is 0 Å². The number of hydrogen-bond acceptors (Lipinski definition) is 3. The molecule has 0 spiro atoms. The number of rotatable bonds is 14. The van der Waals surface area contributed by atoms with Crippen molar-refractivity contribution >= 4 is 58.2 Å². The summed E-state index contributed by atoms with van der Waals surface area (Å²) in [6.07, 6.45) is 5.74. The SMILES string of the molecule is CCNCCCCC1CN(C(=O)CCc2ccc(Cl)c(Cl)c2)[C@H](CC(C)C)CN1C(=O)CCc1ccc(Cl)c(Cl)c1. The Morgan fingerprint density at radius 3 is 1.80 bits per heavy atom. The normalized spacial score (nSPS) is 17.4. The molecule has 2 amide bonds. The van der Waals surface area contributed by atoms with Gasteiger partial charge >= 0.3 is 0 Å². The molecule has 0 bridgehead atoms. The lowest BCUT2D eigenvalue weighted by Crippen LogP contribution is -2.61. The average Bonchev–Trinajstić information content (AvgIpc) is 2.93. The summed E-state index contributed by atoms with van der Waals surface area (Å²) in [5.74, 6) is 0.655. The number of benzene rings is 2. The molecule has 2 aromatic carbocycles. The van der Waals surface area contributed by atoms with Gasteiger partial charge in [-0.15, -0.1) is 0 Å². The smallest absolute Gasteiger partial charge is 0.223 e. The molecule has 9 heteroatoms. The Hall–Kier alpha value is -1.50. The van der Waals surface area contributed by atoms with Crippen LogP contribution in [0.2, 0.25) is 20.1 Å². The van der Waals surface area contributed by atoms with Crippen molar-refractivity contribution in [3.05, 3.63) is 67.6 Å². The predicted molar refractivity (Wildman–Crippen MR) is 172 cm³/mol. The Bertz CT molecular complexity index is 1160. The van der Waals surface area contributed by atoms with E-state index in [0.29, 0.717) is 64.8 Å². The van der Waals surface area contributed by atoms with E-state index in [1.807, 2.05) is 24.3 Å². The van der Waals surface area contributed by atoms with Crippen LogP contribution in [0.1, 0.15) is 70.4 Å². The highest BCUT2D eigenvalue weighted by atomic mass is 35.5. The highest BCUT2D eigenvalue weighted by Crippen LogP contribution is 2.28. The average molecular weight is 644 g/mol.